The third-order valence-electron chi connectivity index (χ3n) is 4.83. The van der Waals surface area contributed by atoms with Crippen LogP contribution in [0.4, 0.5) is 0 Å². The minimum absolute atomic E-state index is 0.215. The van der Waals surface area contributed by atoms with Crippen molar-refractivity contribution in [3.8, 4) is 22.8 Å². The van der Waals surface area contributed by atoms with Gasteiger partial charge in [-0.1, -0.05) is 70.2 Å². The molecule has 0 fully saturated rings. The molecule has 0 unspecified atom stereocenters. The highest BCUT2D eigenvalue weighted by Gasteiger charge is 2.12. The first-order valence-corrected chi connectivity index (χ1v) is 14.2. The van der Waals surface area contributed by atoms with Gasteiger partial charge in [-0.15, -0.1) is 11.3 Å². The van der Waals surface area contributed by atoms with Gasteiger partial charge in [-0.25, -0.2) is 10.4 Å². The summed E-state index contributed by atoms with van der Waals surface area (Å²) in [6.45, 7) is 0.398. The molecule has 0 aliphatic rings. The average Bonchev–Trinajstić information content (AvgIpc) is 3.37. The number of nitrogens with one attached hydrogen (secondary N) is 1. The van der Waals surface area contributed by atoms with E-state index in [9.17, 15) is 4.79 Å². The molecule has 1 amide bonds. The highest BCUT2D eigenvalue weighted by atomic mass is 79.9. The maximum atomic E-state index is 12.2. The number of amides is 1. The zero-order valence-corrected chi connectivity index (χ0v) is 23.9. The minimum atomic E-state index is -0.215. The predicted octanol–water partition coefficient (Wildman–Crippen LogP) is 7.17. The van der Waals surface area contributed by atoms with Gasteiger partial charge in [0.15, 0.2) is 15.8 Å². The largest absolute Gasteiger partial charge is 0.493 e. The lowest BCUT2D eigenvalue weighted by Crippen LogP contribution is -2.19. The summed E-state index contributed by atoms with van der Waals surface area (Å²) >= 11 is 9.87. The van der Waals surface area contributed by atoms with E-state index in [-0.39, 0.29) is 11.7 Å². The monoisotopic (exact) mass is 645 g/mol. The van der Waals surface area contributed by atoms with E-state index < -0.39 is 0 Å². The molecule has 4 aromatic rings. The fourth-order valence-electron chi connectivity index (χ4n) is 3.09. The first kappa shape index (κ1) is 26.4. The fraction of sp³-hybridized carbons (Fsp3) is 0.115. The van der Waals surface area contributed by atoms with E-state index in [4.69, 9.17) is 9.47 Å². The van der Waals surface area contributed by atoms with Crippen LogP contribution in [-0.2, 0) is 11.4 Å². The van der Waals surface area contributed by atoms with Crippen molar-refractivity contribution < 1.29 is 14.3 Å². The zero-order chi connectivity index (χ0) is 25.3. The maximum absolute atomic E-state index is 12.2. The second-order valence-corrected chi connectivity index (χ2v) is 11.2. The van der Waals surface area contributed by atoms with Crippen LogP contribution in [0.2, 0.25) is 0 Å². The summed E-state index contributed by atoms with van der Waals surface area (Å²) in [4.78, 5) is 16.8. The van der Waals surface area contributed by atoms with E-state index in [1.165, 1.54) is 23.1 Å². The number of carbonyl (C=O) groups is 1. The average molecular weight is 647 g/mol. The lowest BCUT2D eigenvalue weighted by molar-refractivity contribution is -0.118. The summed E-state index contributed by atoms with van der Waals surface area (Å²) in [5.41, 5.74) is 6.30. The van der Waals surface area contributed by atoms with Gasteiger partial charge in [-0.05, 0) is 51.3 Å². The molecule has 10 heteroatoms. The van der Waals surface area contributed by atoms with E-state index in [2.05, 4.69) is 47.4 Å². The number of ether oxygens (including phenoxy) is 2. The molecule has 0 bridgehead atoms. The second kappa shape index (κ2) is 13.0. The number of nitrogens with zero attached hydrogens (tertiary/aromatic N) is 2. The molecule has 6 nitrogen and oxygen atoms in total. The summed E-state index contributed by atoms with van der Waals surface area (Å²) in [6.07, 6.45) is 1.56. The molecular weight excluding hydrogens is 626 g/mol. The van der Waals surface area contributed by atoms with Gasteiger partial charge in [0.25, 0.3) is 5.91 Å². The van der Waals surface area contributed by atoms with Crippen LogP contribution in [0.5, 0.6) is 11.5 Å². The predicted molar refractivity (Wildman–Crippen MR) is 153 cm³/mol. The van der Waals surface area contributed by atoms with E-state index in [0.717, 1.165) is 35.7 Å². The molecule has 0 saturated carbocycles. The Morgan fingerprint density at radius 3 is 2.67 bits per heavy atom. The van der Waals surface area contributed by atoms with Gasteiger partial charge in [-0.2, -0.15) is 5.10 Å². The lowest BCUT2D eigenvalue weighted by atomic mass is 10.2. The number of hydrogen-bond acceptors (Lipinski definition) is 7. The van der Waals surface area contributed by atoms with Crippen molar-refractivity contribution in [3.05, 3.63) is 92.2 Å². The van der Waals surface area contributed by atoms with Crippen LogP contribution in [0.3, 0.4) is 0 Å². The van der Waals surface area contributed by atoms with E-state index in [1.807, 2.05) is 66.0 Å². The number of thiazole rings is 1. The minimum Gasteiger partial charge on any atom is -0.493 e. The molecule has 4 rings (SSSR count). The highest BCUT2D eigenvalue weighted by Crippen LogP contribution is 2.37. The number of hydrazone groups is 1. The first-order chi connectivity index (χ1) is 17.5. The zero-order valence-electron chi connectivity index (χ0n) is 19.1. The topological polar surface area (TPSA) is 72.8 Å². The van der Waals surface area contributed by atoms with Gasteiger partial charge in [-0.3, -0.25) is 4.79 Å². The Bertz CT molecular complexity index is 1350. The van der Waals surface area contributed by atoms with Crippen LogP contribution >= 0.6 is 55.0 Å². The Morgan fingerprint density at radius 2 is 1.92 bits per heavy atom. The Hall–Kier alpha value is -2.66. The normalized spacial score (nSPS) is 11.0. The molecular formula is C26H21Br2N3O3S2. The molecule has 1 aromatic heterocycles. The second-order valence-electron chi connectivity index (χ2n) is 7.40. The molecule has 0 radical (unpaired) electrons. The summed E-state index contributed by atoms with van der Waals surface area (Å²) in [7, 11) is 1.58. The van der Waals surface area contributed by atoms with Crippen molar-refractivity contribution in [3.63, 3.8) is 0 Å². The molecule has 184 valence electrons. The van der Waals surface area contributed by atoms with Gasteiger partial charge in [0, 0.05) is 15.4 Å². The summed E-state index contributed by atoms with van der Waals surface area (Å²) < 4.78 is 14.0. The maximum Gasteiger partial charge on any atom is 0.250 e. The SMILES string of the molecule is COc1cc(/C=N/NC(=O)CSc2nc(-c3ccccc3)cs2)cc(Br)c1OCc1ccc(Br)cc1. The molecule has 0 saturated heterocycles. The summed E-state index contributed by atoms with van der Waals surface area (Å²) in [5, 5.41) is 6.07. The molecule has 0 spiro atoms. The van der Waals surface area contributed by atoms with Crippen LogP contribution in [-0.4, -0.2) is 30.0 Å². The van der Waals surface area contributed by atoms with Gasteiger partial charge in [0.2, 0.25) is 0 Å². The number of halogens is 2. The van der Waals surface area contributed by atoms with E-state index in [1.54, 1.807) is 19.4 Å². The first-order valence-electron chi connectivity index (χ1n) is 10.7. The third kappa shape index (κ3) is 7.42. The van der Waals surface area contributed by atoms with Gasteiger partial charge in [0.05, 0.1) is 29.2 Å². The smallest absolute Gasteiger partial charge is 0.250 e. The van der Waals surface area contributed by atoms with Crippen LogP contribution < -0.4 is 14.9 Å². The van der Waals surface area contributed by atoms with Crippen molar-refractivity contribution in [2.75, 3.05) is 12.9 Å². The molecule has 1 heterocycles. The standard InChI is InChI=1S/C26H21Br2N3O3S2/c1-33-23-12-18(11-21(28)25(23)34-14-17-7-9-20(27)10-8-17)13-29-31-24(32)16-36-26-30-22(15-35-26)19-5-3-2-4-6-19/h2-13,15H,14,16H2,1H3,(H,31,32)/b29-13+. The molecule has 1 N–H and O–H groups in total. The van der Waals surface area contributed by atoms with E-state index >= 15 is 0 Å². The molecule has 36 heavy (non-hydrogen) atoms. The van der Waals surface area contributed by atoms with Gasteiger partial charge < -0.3 is 9.47 Å². The third-order valence-corrected chi connectivity index (χ3v) is 7.97. The number of hydrogen-bond donors (Lipinski definition) is 1. The number of benzene rings is 3. The fourth-order valence-corrected chi connectivity index (χ4v) is 5.56. The molecule has 0 atom stereocenters. The Kier molecular flexibility index (Phi) is 9.57. The molecule has 3 aromatic carbocycles. The van der Waals surface area contributed by atoms with Crippen molar-refractivity contribution in [1.29, 1.82) is 0 Å². The Labute approximate surface area is 234 Å². The van der Waals surface area contributed by atoms with Crippen molar-refractivity contribution >= 4 is 67.1 Å². The number of methoxy groups -OCH3 is 1. The lowest BCUT2D eigenvalue weighted by Gasteiger charge is -2.13. The van der Waals surface area contributed by atoms with Crippen LogP contribution in [0.15, 0.2) is 90.5 Å². The number of rotatable bonds is 10. The van der Waals surface area contributed by atoms with E-state index in [0.29, 0.717) is 18.1 Å². The van der Waals surface area contributed by atoms with Crippen LogP contribution in [0.1, 0.15) is 11.1 Å². The van der Waals surface area contributed by atoms with Crippen molar-refractivity contribution in [1.82, 2.24) is 10.4 Å². The van der Waals surface area contributed by atoms with Crippen molar-refractivity contribution in [2.24, 2.45) is 5.10 Å². The van der Waals surface area contributed by atoms with Crippen LogP contribution in [0.25, 0.3) is 11.3 Å². The summed E-state index contributed by atoms with van der Waals surface area (Å²) in [6, 6.07) is 21.5. The molecule has 0 aliphatic carbocycles. The van der Waals surface area contributed by atoms with Gasteiger partial charge >= 0.3 is 0 Å². The number of thioether (sulfide) groups is 1. The highest BCUT2D eigenvalue weighted by molar-refractivity contribution is 9.10. The molecule has 0 aliphatic heterocycles. The van der Waals surface area contributed by atoms with Crippen LogP contribution in [0, 0.1) is 0 Å². The van der Waals surface area contributed by atoms with Crippen molar-refractivity contribution in [2.45, 2.75) is 10.9 Å². The number of aromatic nitrogens is 1. The Balaban J connectivity index is 1.30. The number of carbonyl (C=O) groups excluding carboxylic acids is 1. The van der Waals surface area contributed by atoms with Gasteiger partial charge in [0.1, 0.15) is 6.61 Å². The Morgan fingerprint density at radius 1 is 1.14 bits per heavy atom. The summed E-state index contributed by atoms with van der Waals surface area (Å²) in [5.74, 6) is 1.15. The quantitative estimate of drug-likeness (QED) is 0.112.